The van der Waals surface area contributed by atoms with Gasteiger partial charge in [0.2, 0.25) is 5.91 Å². The fourth-order valence-electron chi connectivity index (χ4n) is 1.70. The van der Waals surface area contributed by atoms with Gasteiger partial charge in [0, 0.05) is 13.0 Å². The van der Waals surface area contributed by atoms with Crippen molar-refractivity contribution < 1.29 is 4.79 Å². The Kier molecular flexibility index (Phi) is 3.05. The molecule has 1 amide bonds. The third-order valence-corrected chi connectivity index (χ3v) is 3.85. The van der Waals surface area contributed by atoms with Crippen molar-refractivity contribution in [3.05, 3.63) is 35.9 Å². The second-order valence-corrected chi connectivity index (χ2v) is 4.62. The lowest BCUT2D eigenvalue weighted by atomic mass is 10.2. The van der Waals surface area contributed by atoms with Crippen molar-refractivity contribution in [2.24, 2.45) is 0 Å². The molecular weight excluding hydrogens is 289 g/mol. The molecule has 2 nitrogen and oxygen atoms in total. The molecule has 1 aromatic rings. The molecule has 2 rings (SSSR count). The van der Waals surface area contributed by atoms with Gasteiger partial charge in [-0.2, -0.15) is 0 Å². The van der Waals surface area contributed by atoms with Crippen LogP contribution in [0.4, 0.5) is 0 Å². The van der Waals surface area contributed by atoms with Crippen molar-refractivity contribution in [1.29, 1.82) is 0 Å². The molecule has 0 aliphatic carbocycles. The molecule has 1 unspecified atom stereocenters. The second kappa shape index (κ2) is 4.29. The number of rotatable bonds is 2. The average molecular weight is 301 g/mol. The van der Waals surface area contributed by atoms with E-state index in [0.717, 1.165) is 13.0 Å². The van der Waals surface area contributed by atoms with Crippen LogP contribution in [0, 0.1) is 0 Å². The van der Waals surface area contributed by atoms with E-state index < -0.39 is 0 Å². The molecule has 1 saturated heterocycles. The summed E-state index contributed by atoms with van der Waals surface area (Å²) >= 11 is 2.33. The number of hydrogen-bond acceptors (Lipinski definition) is 1. The maximum atomic E-state index is 11.5. The molecule has 0 saturated carbocycles. The van der Waals surface area contributed by atoms with Crippen LogP contribution in [0.2, 0.25) is 0 Å². The van der Waals surface area contributed by atoms with E-state index in [0.29, 0.717) is 6.42 Å². The summed E-state index contributed by atoms with van der Waals surface area (Å²) in [6.45, 7) is 0.904. The summed E-state index contributed by atoms with van der Waals surface area (Å²) in [6.07, 6.45) is 1.72. The van der Waals surface area contributed by atoms with Crippen molar-refractivity contribution >= 4 is 28.5 Å². The van der Waals surface area contributed by atoms with Crippen LogP contribution < -0.4 is 0 Å². The van der Waals surface area contributed by atoms with Crippen molar-refractivity contribution in [2.45, 2.75) is 16.9 Å². The van der Waals surface area contributed by atoms with E-state index >= 15 is 0 Å². The first-order valence-electron chi connectivity index (χ1n) is 4.77. The number of benzene rings is 1. The fourth-order valence-corrected chi connectivity index (χ4v) is 2.70. The first kappa shape index (κ1) is 9.96. The van der Waals surface area contributed by atoms with E-state index in [1.54, 1.807) is 0 Å². The van der Waals surface area contributed by atoms with Crippen LogP contribution in [-0.4, -0.2) is 17.4 Å². The lowest BCUT2D eigenvalue weighted by Crippen LogP contribution is -2.26. The summed E-state index contributed by atoms with van der Waals surface area (Å²) in [6, 6.07) is 10.2. The van der Waals surface area contributed by atoms with Gasteiger partial charge in [-0.3, -0.25) is 4.79 Å². The Morgan fingerprint density at radius 2 is 2.00 bits per heavy atom. The smallest absolute Gasteiger partial charge is 0.223 e. The number of carbonyl (C=O) groups excluding carboxylic acids is 1. The van der Waals surface area contributed by atoms with Crippen molar-refractivity contribution in [1.82, 2.24) is 4.90 Å². The normalized spacial score (nSPS) is 18.6. The topological polar surface area (TPSA) is 20.3 Å². The van der Waals surface area contributed by atoms with Gasteiger partial charge in [0.05, 0.1) is 0 Å². The molecule has 0 bridgehead atoms. The van der Waals surface area contributed by atoms with Crippen LogP contribution in [0.3, 0.4) is 0 Å². The van der Waals surface area contributed by atoms with Gasteiger partial charge < -0.3 is 4.90 Å². The monoisotopic (exact) mass is 301 g/mol. The van der Waals surface area contributed by atoms with Gasteiger partial charge in [0.25, 0.3) is 0 Å². The van der Waals surface area contributed by atoms with Crippen LogP contribution in [0.25, 0.3) is 0 Å². The van der Waals surface area contributed by atoms with Crippen molar-refractivity contribution in [3.63, 3.8) is 0 Å². The van der Waals surface area contributed by atoms with Crippen molar-refractivity contribution in [3.8, 4) is 0 Å². The predicted molar refractivity (Wildman–Crippen MR) is 64.2 cm³/mol. The summed E-state index contributed by atoms with van der Waals surface area (Å²) in [5, 5.41) is 0. The van der Waals surface area contributed by atoms with E-state index in [4.69, 9.17) is 0 Å². The zero-order chi connectivity index (χ0) is 9.97. The minimum Gasteiger partial charge on any atom is -0.327 e. The summed E-state index contributed by atoms with van der Waals surface area (Å²) < 4.78 is 0.198. The quantitative estimate of drug-likeness (QED) is 0.467. The van der Waals surface area contributed by atoms with Crippen molar-refractivity contribution in [2.75, 3.05) is 6.54 Å². The largest absolute Gasteiger partial charge is 0.327 e. The van der Waals surface area contributed by atoms with Crippen LogP contribution in [0.5, 0.6) is 0 Å². The lowest BCUT2D eigenvalue weighted by Gasteiger charge is -2.22. The van der Waals surface area contributed by atoms with E-state index in [9.17, 15) is 4.79 Å². The summed E-state index contributed by atoms with van der Waals surface area (Å²) in [5.74, 6) is 0.285. The molecule has 0 aromatic heterocycles. The van der Waals surface area contributed by atoms with E-state index in [1.165, 1.54) is 5.56 Å². The van der Waals surface area contributed by atoms with Crippen LogP contribution in [0.1, 0.15) is 22.5 Å². The van der Waals surface area contributed by atoms with E-state index in [2.05, 4.69) is 34.7 Å². The first-order valence-corrected chi connectivity index (χ1v) is 6.02. The molecule has 0 radical (unpaired) electrons. The first-order chi connectivity index (χ1) is 6.79. The molecule has 0 N–H and O–H groups in total. The van der Waals surface area contributed by atoms with Crippen LogP contribution in [0.15, 0.2) is 30.3 Å². The Morgan fingerprint density at radius 1 is 1.29 bits per heavy atom. The Hall–Kier alpha value is -0.580. The summed E-state index contributed by atoms with van der Waals surface area (Å²) in [4.78, 5) is 13.5. The average Bonchev–Trinajstić information content (AvgIpc) is 2.65. The molecule has 74 valence electrons. The highest BCUT2D eigenvalue weighted by Gasteiger charge is 2.26. The highest BCUT2D eigenvalue weighted by molar-refractivity contribution is 14.1. The predicted octanol–water partition coefficient (Wildman–Crippen LogP) is 2.74. The standard InChI is InChI=1S/C11H12INO/c12-11(9-5-2-1-3-6-9)13-8-4-7-10(13)14/h1-3,5-6,11H,4,7-8H2. The highest BCUT2D eigenvalue weighted by Crippen LogP contribution is 2.31. The molecule has 1 fully saturated rings. The van der Waals surface area contributed by atoms with E-state index in [1.807, 2.05) is 23.1 Å². The van der Waals surface area contributed by atoms with Gasteiger partial charge >= 0.3 is 0 Å². The maximum absolute atomic E-state index is 11.5. The SMILES string of the molecule is O=C1CCCN1C(I)c1ccccc1. The fraction of sp³-hybridized carbons (Fsp3) is 0.364. The second-order valence-electron chi connectivity index (χ2n) is 3.44. The summed E-state index contributed by atoms with van der Waals surface area (Å²) in [5.41, 5.74) is 1.21. The minimum absolute atomic E-state index is 0.198. The molecule has 1 atom stereocenters. The number of nitrogens with zero attached hydrogens (tertiary/aromatic N) is 1. The zero-order valence-electron chi connectivity index (χ0n) is 7.82. The number of hydrogen-bond donors (Lipinski definition) is 0. The minimum atomic E-state index is 0.198. The number of halogens is 1. The Bertz CT molecular complexity index is 325. The third kappa shape index (κ3) is 1.92. The third-order valence-electron chi connectivity index (χ3n) is 2.46. The van der Waals surface area contributed by atoms with Crippen LogP contribution >= 0.6 is 22.6 Å². The van der Waals surface area contributed by atoms with Gasteiger partial charge in [-0.05, 0) is 12.0 Å². The van der Waals surface area contributed by atoms with Gasteiger partial charge in [-0.25, -0.2) is 0 Å². The van der Waals surface area contributed by atoms with E-state index in [-0.39, 0.29) is 9.96 Å². The molecule has 0 spiro atoms. The number of carbonyl (C=O) groups is 1. The molecule has 1 aromatic carbocycles. The zero-order valence-corrected chi connectivity index (χ0v) is 9.98. The highest BCUT2D eigenvalue weighted by atomic mass is 127. The molecule has 3 heteroatoms. The van der Waals surface area contributed by atoms with Gasteiger partial charge in [-0.1, -0.05) is 52.9 Å². The molecule has 1 aliphatic heterocycles. The Morgan fingerprint density at radius 3 is 2.57 bits per heavy atom. The van der Waals surface area contributed by atoms with Gasteiger partial charge in [0.15, 0.2) is 0 Å². The Balaban J connectivity index is 2.16. The maximum Gasteiger partial charge on any atom is 0.223 e. The molecule has 1 heterocycles. The molecule has 14 heavy (non-hydrogen) atoms. The lowest BCUT2D eigenvalue weighted by molar-refractivity contribution is -0.128. The van der Waals surface area contributed by atoms with Gasteiger partial charge in [0.1, 0.15) is 4.05 Å². The number of amides is 1. The summed E-state index contributed by atoms with van der Waals surface area (Å²) in [7, 11) is 0. The van der Waals surface area contributed by atoms with Gasteiger partial charge in [-0.15, -0.1) is 0 Å². The van der Waals surface area contributed by atoms with Crippen LogP contribution in [-0.2, 0) is 4.79 Å². The molecular formula is C11H12INO. The Labute approximate surface area is 97.4 Å². The number of likely N-dealkylation sites (tertiary alicyclic amines) is 1. The number of alkyl halides is 1. The molecule has 1 aliphatic rings.